The molecule has 0 saturated carbocycles. The van der Waals surface area contributed by atoms with Crippen LogP contribution >= 0.6 is 0 Å². The quantitative estimate of drug-likeness (QED) is 0.686. The van der Waals surface area contributed by atoms with Crippen molar-refractivity contribution in [1.82, 2.24) is 19.8 Å². The van der Waals surface area contributed by atoms with Gasteiger partial charge in [0.2, 0.25) is 10.0 Å². The van der Waals surface area contributed by atoms with Gasteiger partial charge in [-0.2, -0.15) is 0 Å². The fraction of sp³-hybridized carbons (Fsp3) is 0.682. The van der Waals surface area contributed by atoms with Crippen LogP contribution in [-0.2, 0) is 10.0 Å². The van der Waals surface area contributed by atoms with Gasteiger partial charge in [-0.1, -0.05) is 26.0 Å². The van der Waals surface area contributed by atoms with Crippen LogP contribution < -0.4 is 10.6 Å². The number of sulfonamides is 1. The number of likely N-dealkylation sites (tertiary alicyclic amines) is 1. The Morgan fingerprint density at radius 3 is 2.20 bits per heavy atom. The van der Waals surface area contributed by atoms with Crippen molar-refractivity contribution < 1.29 is 13.2 Å². The molecule has 2 rings (SSSR count). The molecule has 0 aromatic heterocycles. The molecular formula is C22H38N4O3S. The lowest BCUT2D eigenvalue weighted by atomic mass is 9.88. The van der Waals surface area contributed by atoms with E-state index < -0.39 is 10.0 Å². The predicted octanol–water partition coefficient (Wildman–Crippen LogP) is 3.05. The van der Waals surface area contributed by atoms with Crippen LogP contribution in [0.5, 0.6) is 0 Å². The van der Waals surface area contributed by atoms with Crippen molar-refractivity contribution in [3.05, 3.63) is 29.8 Å². The van der Waals surface area contributed by atoms with Crippen LogP contribution in [0, 0.1) is 11.8 Å². The highest BCUT2D eigenvalue weighted by molar-refractivity contribution is 7.89. The first-order valence-corrected chi connectivity index (χ1v) is 12.1. The summed E-state index contributed by atoms with van der Waals surface area (Å²) in [5.41, 5.74) is 0.729. The minimum absolute atomic E-state index is 0.119. The second kappa shape index (κ2) is 9.66. The lowest BCUT2D eigenvalue weighted by Crippen LogP contribution is -2.57. The van der Waals surface area contributed by atoms with E-state index in [0.29, 0.717) is 18.4 Å². The molecule has 1 aromatic carbocycles. The summed E-state index contributed by atoms with van der Waals surface area (Å²) < 4.78 is 25.5. The molecule has 2 amide bonds. The minimum Gasteiger partial charge on any atom is -0.336 e. The van der Waals surface area contributed by atoms with Crippen molar-refractivity contribution in [1.29, 1.82) is 0 Å². The summed E-state index contributed by atoms with van der Waals surface area (Å²) in [7, 11) is -0.448. The topological polar surface area (TPSA) is 81.8 Å². The summed E-state index contributed by atoms with van der Waals surface area (Å²) in [6.07, 6.45) is 1.26. The Labute approximate surface area is 182 Å². The van der Waals surface area contributed by atoms with Gasteiger partial charge in [0, 0.05) is 39.3 Å². The Hall–Kier alpha value is -1.64. The van der Waals surface area contributed by atoms with E-state index in [0.717, 1.165) is 18.7 Å². The van der Waals surface area contributed by atoms with Crippen LogP contribution in [0.25, 0.3) is 0 Å². The van der Waals surface area contributed by atoms with Crippen LogP contribution in [-0.4, -0.2) is 62.9 Å². The van der Waals surface area contributed by atoms with E-state index in [2.05, 4.69) is 43.2 Å². The average Bonchev–Trinajstić information content (AvgIpc) is 2.65. The second-order valence-corrected chi connectivity index (χ2v) is 11.7. The summed E-state index contributed by atoms with van der Waals surface area (Å²) in [5.74, 6) is 1.34. The molecule has 30 heavy (non-hydrogen) atoms. The van der Waals surface area contributed by atoms with Gasteiger partial charge in [0.1, 0.15) is 0 Å². The van der Waals surface area contributed by atoms with Crippen molar-refractivity contribution in [2.24, 2.45) is 11.8 Å². The van der Waals surface area contributed by atoms with Gasteiger partial charge in [0.25, 0.3) is 0 Å². The normalized spacial score (nSPS) is 22.0. The lowest BCUT2D eigenvalue weighted by Gasteiger charge is -2.45. The molecule has 0 unspecified atom stereocenters. The largest absolute Gasteiger partial charge is 0.336 e. The van der Waals surface area contributed by atoms with Gasteiger partial charge in [0.15, 0.2) is 0 Å². The minimum atomic E-state index is -3.46. The number of amides is 2. The fourth-order valence-corrected chi connectivity index (χ4v) is 4.94. The summed E-state index contributed by atoms with van der Waals surface area (Å²) >= 11 is 0. The monoisotopic (exact) mass is 438 g/mol. The van der Waals surface area contributed by atoms with Gasteiger partial charge in [-0.15, -0.1) is 0 Å². The molecule has 1 saturated heterocycles. The first kappa shape index (κ1) is 24.6. The molecule has 170 valence electrons. The number of carbonyl (C=O) groups is 1. The standard InChI is InChI=1S/C22H38N4O3S/c1-16-12-17(2)14-26(13-16)22(4,5)15-23-21(27)24-18(3)19-8-10-20(11-9-19)30(28,29)25(6)7/h8-11,16-18H,12-15H2,1-7H3,(H2,23,24,27)/t16-,17+,18-/m0/s1. The Balaban J connectivity index is 1.91. The molecule has 3 atom stereocenters. The highest BCUT2D eigenvalue weighted by atomic mass is 32.2. The van der Waals surface area contributed by atoms with Gasteiger partial charge in [-0.25, -0.2) is 17.5 Å². The molecule has 0 radical (unpaired) electrons. The van der Waals surface area contributed by atoms with Crippen molar-refractivity contribution in [2.45, 2.75) is 57.5 Å². The third-order valence-corrected chi connectivity index (χ3v) is 7.74. The second-order valence-electron chi connectivity index (χ2n) is 9.57. The predicted molar refractivity (Wildman–Crippen MR) is 121 cm³/mol. The number of carbonyl (C=O) groups excluding carboxylic acids is 1. The summed E-state index contributed by atoms with van der Waals surface area (Å²) in [6, 6.07) is 6.16. The van der Waals surface area contributed by atoms with Gasteiger partial charge in [-0.3, -0.25) is 4.90 Å². The zero-order valence-corrected chi connectivity index (χ0v) is 20.2. The highest BCUT2D eigenvalue weighted by Crippen LogP contribution is 2.27. The van der Waals surface area contributed by atoms with Gasteiger partial charge < -0.3 is 10.6 Å². The summed E-state index contributed by atoms with van der Waals surface area (Å²) in [6.45, 7) is 13.5. The number of benzene rings is 1. The van der Waals surface area contributed by atoms with E-state index in [4.69, 9.17) is 0 Å². The van der Waals surface area contributed by atoms with Crippen molar-refractivity contribution in [3.8, 4) is 0 Å². The molecule has 0 bridgehead atoms. The Kier molecular flexibility index (Phi) is 7.93. The third-order valence-electron chi connectivity index (χ3n) is 5.91. The highest BCUT2D eigenvalue weighted by Gasteiger charge is 2.33. The third kappa shape index (κ3) is 6.18. The van der Waals surface area contributed by atoms with Crippen LogP contribution in [0.3, 0.4) is 0 Å². The van der Waals surface area contributed by atoms with Crippen molar-refractivity contribution in [2.75, 3.05) is 33.7 Å². The van der Waals surface area contributed by atoms with Gasteiger partial charge in [0.05, 0.1) is 10.9 Å². The van der Waals surface area contributed by atoms with Crippen LogP contribution in [0.2, 0.25) is 0 Å². The molecule has 1 aliphatic rings. The maximum absolute atomic E-state index is 12.5. The first-order valence-electron chi connectivity index (χ1n) is 10.6. The summed E-state index contributed by atoms with van der Waals surface area (Å²) in [5, 5.41) is 5.95. The SMILES string of the molecule is C[C@@H]1C[C@H](C)CN(C(C)(C)CNC(=O)N[C@@H](C)c2ccc(S(=O)(=O)N(C)C)cc2)C1. The van der Waals surface area contributed by atoms with E-state index in [-0.39, 0.29) is 22.5 Å². The molecule has 1 aromatic rings. The van der Waals surface area contributed by atoms with E-state index in [1.165, 1.54) is 24.8 Å². The van der Waals surface area contributed by atoms with E-state index >= 15 is 0 Å². The summed E-state index contributed by atoms with van der Waals surface area (Å²) in [4.78, 5) is 15.2. The number of nitrogens with zero attached hydrogens (tertiary/aromatic N) is 2. The number of hydrogen-bond acceptors (Lipinski definition) is 4. The molecule has 1 fully saturated rings. The smallest absolute Gasteiger partial charge is 0.315 e. The van der Waals surface area contributed by atoms with E-state index in [1.54, 1.807) is 24.3 Å². The maximum atomic E-state index is 12.5. The Morgan fingerprint density at radius 1 is 1.17 bits per heavy atom. The zero-order valence-electron chi connectivity index (χ0n) is 19.4. The Morgan fingerprint density at radius 2 is 1.70 bits per heavy atom. The van der Waals surface area contributed by atoms with Crippen LogP contribution in [0.15, 0.2) is 29.2 Å². The van der Waals surface area contributed by atoms with Crippen LogP contribution in [0.1, 0.15) is 52.6 Å². The number of urea groups is 1. The number of nitrogens with one attached hydrogen (secondary N) is 2. The molecule has 0 spiro atoms. The molecule has 0 aliphatic carbocycles. The average molecular weight is 439 g/mol. The maximum Gasteiger partial charge on any atom is 0.315 e. The Bertz CT molecular complexity index is 811. The van der Waals surface area contributed by atoms with Crippen molar-refractivity contribution in [3.63, 3.8) is 0 Å². The lowest BCUT2D eigenvalue weighted by molar-refractivity contribution is 0.0472. The van der Waals surface area contributed by atoms with Gasteiger partial charge >= 0.3 is 6.03 Å². The zero-order chi connectivity index (χ0) is 22.7. The number of piperidine rings is 1. The van der Waals surface area contributed by atoms with Crippen molar-refractivity contribution >= 4 is 16.1 Å². The molecular weight excluding hydrogens is 400 g/mol. The molecule has 8 heteroatoms. The van der Waals surface area contributed by atoms with Gasteiger partial charge in [-0.05, 0) is 56.7 Å². The van der Waals surface area contributed by atoms with E-state index in [1.807, 2.05) is 6.92 Å². The van der Waals surface area contributed by atoms with E-state index in [9.17, 15) is 13.2 Å². The molecule has 7 nitrogen and oxygen atoms in total. The fourth-order valence-electron chi connectivity index (χ4n) is 4.04. The molecule has 1 heterocycles. The molecule has 1 aliphatic heterocycles. The molecule has 2 N–H and O–H groups in total. The number of rotatable bonds is 7. The van der Waals surface area contributed by atoms with Crippen LogP contribution in [0.4, 0.5) is 4.79 Å². The number of hydrogen-bond donors (Lipinski definition) is 2. The first-order chi connectivity index (χ1) is 13.8.